The first-order valence-electron chi connectivity index (χ1n) is 11.1. The van der Waals surface area contributed by atoms with Crippen LogP contribution in [0.15, 0.2) is 91.5 Å². The zero-order valence-electron chi connectivity index (χ0n) is 18.5. The number of hydrogen-bond acceptors (Lipinski definition) is 4. The van der Waals surface area contributed by atoms with Crippen molar-refractivity contribution in [2.75, 3.05) is 11.4 Å². The van der Waals surface area contributed by atoms with Gasteiger partial charge in [0.05, 0.1) is 16.5 Å². The summed E-state index contributed by atoms with van der Waals surface area (Å²) < 4.78 is 2.98. The standard InChI is InChI=1S/C27H23ClN4OS/c28-23-11-12-24-25(18-23)34-27(30-24)32(15-4-14-31-16-13-29-19-31)26(33)22-9-7-21(8-10-22)17-20-5-2-1-3-6-20/h1-3,5-13,16,18-19H,4,14-15,17H2. The summed E-state index contributed by atoms with van der Waals surface area (Å²) in [6.45, 7) is 1.33. The van der Waals surface area contributed by atoms with Gasteiger partial charge in [0.25, 0.3) is 5.91 Å². The molecule has 0 saturated heterocycles. The Morgan fingerprint density at radius 2 is 1.79 bits per heavy atom. The van der Waals surface area contributed by atoms with E-state index in [1.807, 2.05) is 71.4 Å². The highest BCUT2D eigenvalue weighted by molar-refractivity contribution is 7.22. The molecule has 3 aromatic carbocycles. The number of anilines is 1. The predicted molar refractivity (Wildman–Crippen MR) is 139 cm³/mol. The van der Waals surface area contributed by atoms with Crippen LogP contribution in [-0.4, -0.2) is 27.0 Å². The number of amides is 1. The molecular weight excluding hydrogens is 464 g/mol. The van der Waals surface area contributed by atoms with Gasteiger partial charge in [0, 0.05) is 36.1 Å². The molecule has 1 amide bonds. The lowest BCUT2D eigenvalue weighted by atomic mass is 10.0. The van der Waals surface area contributed by atoms with Crippen molar-refractivity contribution in [3.63, 3.8) is 0 Å². The number of benzene rings is 3. The number of imidazole rings is 1. The van der Waals surface area contributed by atoms with Gasteiger partial charge in [-0.25, -0.2) is 9.97 Å². The first-order valence-corrected chi connectivity index (χ1v) is 12.3. The van der Waals surface area contributed by atoms with Gasteiger partial charge in [-0.05, 0) is 54.3 Å². The van der Waals surface area contributed by atoms with Crippen LogP contribution >= 0.6 is 22.9 Å². The van der Waals surface area contributed by atoms with Gasteiger partial charge in [-0.3, -0.25) is 9.69 Å². The highest BCUT2D eigenvalue weighted by Gasteiger charge is 2.21. The van der Waals surface area contributed by atoms with E-state index in [1.54, 1.807) is 17.4 Å². The van der Waals surface area contributed by atoms with E-state index in [0.717, 1.165) is 29.6 Å². The Morgan fingerprint density at radius 1 is 1.00 bits per heavy atom. The van der Waals surface area contributed by atoms with E-state index in [0.29, 0.717) is 22.3 Å². The van der Waals surface area contributed by atoms with Gasteiger partial charge in [-0.15, -0.1) is 0 Å². The van der Waals surface area contributed by atoms with E-state index in [1.165, 1.54) is 22.5 Å². The number of halogens is 1. The summed E-state index contributed by atoms with van der Waals surface area (Å²) in [6, 6.07) is 23.8. The van der Waals surface area contributed by atoms with E-state index >= 15 is 0 Å². The average molecular weight is 487 g/mol. The Bertz CT molecular complexity index is 1380. The molecule has 0 radical (unpaired) electrons. The van der Waals surface area contributed by atoms with Crippen molar-refractivity contribution in [3.8, 4) is 0 Å². The van der Waals surface area contributed by atoms with Gasteiger partial charge in [-0.2, -0.15) is 0 Å². The molecule has 5 rings (SSSR count). The fourth-order valence-electron chi connectivity index (χ4n) is 3.87. The zero-order chi connectivity index (χ0) is 23.3. The number of carbonyl (C=O) groups is 1. The second kappa shape index (κ2) is 10.2. The lowest BCUT2D eigenvalue weighted by molar-refractivity contribution is 0.0986. The molecule has 170 valence electrons. The summed E-state index contributed by atoms with van der Waals surface area (Å²) in [4.78, 5) is 24.2. The maximum atomic E-state index is 13.6. The third-order valence-electron chi connectivity index (χ3n) is 5.62. The van der Waals surface area contributed by atoms with Crippen molar-refractivity contribution in [3.05, 3.63) is 113 Å². The van der Waals surface area contributed by atoms with Crippen LogP contribution in [0, 0.1) is 0 Å². The average Bonchev–Trinajstić information content (AvgIpc) is 3.52. The normalized spacial score (nSPS) is 11.1. The van der Waals surface area contributed by atoms with E-state index < -0.39 is 0 Å². The van der Waals surface area contributed by atoms with Gasteiger partial charge in [0.2, 0.25) is 0 Å². The van der Waals surface area contributed by atoms with Gasteiger partial charge >= 0.3 is 0 Å². The van der Waals surface area contributed by atoms with Crippen LogP contribution in [0.25, 0.3) is 10.2 Å². The second-order valence-electron chi connectivity index (χ2n) is 8.08. The maximum absolute atomic E-state index is 13.6. The van der Waals surface area contributed by atoms with Crippen molar-refractivity contribution in [2.24, 2.45) is 0 Å². The van der Waals surface area contributed by atoms with Crippen molar-refractivity contribution in [1.82, 2.24) is 14.5 Å². The fraction of sp³-hybridized carbons (Fsp3) is 0.148. The predicted octanol–water partition coefficient (Wildman–Crippen LogP) is 6.47. The quantitative estimate of drug-likeness (QED) is 0.252. The first-order chi connectivity index (χ1) is 16.7. The summed E-state index contributed by atoms with van der Waals surface area (Å²) >= 11 is 7.65. The number of aromatic nitrogens is 3. The molecule has 34 heavy (non-hydrogen) atoms. The van der Waals surface area contributed by atoms with Crippen LogP contribution in [0.1, 0.15) is 27.9 Å². The van der Waals surface area contributed by atoms with Crippen LogP contribution in [0.5, 0.6) is 0 Å². The van der Waals surface area contributed by atoms with Crippen molar-refractivity contribution in [2.45, 2.75) is 19.4 Å². The van der Waals surface area contributed by atoms with Gasteiger partial charge < -0.3 is 4.57 Å². The Labute approximate surface area is 207 Å². The monoisotopic (exact) mass is 486 g/mol. The van der Waals surface area contributed by atoms with Gasteiger partial charge in [0.1, 0.15) is 0 Å². The van der Waals surface area contributed by atoms with Gasteiger partial charge in [-0.1, -0.05) is 65.4 Å². The number of carbonyl (C=O) groups excluding carboxylic acids is 1. The Hall–Kier alpha value is -3.48. The topological polar surface area (TPSA) is 51.0 Å². The molecule has 5 nitrogen and oxygen atoms in total. The smallest absolute Gasteiger partial charge is 0.260 e. The number of nitrogens with zero attached hydrogens (tertiary/aromatic N) is 4. The number of thiazole rings is 1. The summed E-state index contributed by atoms with van der Waals surface area (Å²) in [5, 5.41) is 1.34. The third-order valence-corrected chi connectivity index (χ3v) is 6.90. The lowest BCUT2D eigenvalue weighted by Gasteiger charge is -2.20. The van der Waals surface area contributed by atoms with Crippen LogP contribution in [0.2, 0.25) is 5.02 Å². The van der Waals surface area contributed by atoms with E-state index in [-0.39, 0.29) is 5.91 Å². The fourth-order valence-corrected chi connectivity index (χ4v) is 5.13. The molecule has 0 fully saturated rings. The number of hydrogen-bond donors (Lipinski definition) is 0. The molecule has 0 aliphatic carbocycles. The molecular formula is C27H23ClN4OS. The molecule has 2 heterocycles. The first kappa shape index (κ1) is 22.3. The molecule has 0 aliphatic rings. The van der Waals surface area contributed by atoms with Crippen molar-refractivity contribution >= 4 is 44.2 Å². The molecule has 5 aromatic rings. The second-order valence-corrected chi connectivity index (χ2v) is 9.52. The zero-order valence-corrected chi connectivity index (χ0v) is 20.0. The minimum Gasteiger partial charge on any atom is -0.337 e. The van der Waals surface area contributed by atoms with Crippen LogP contribution in [-0.2, 0) is 13.0 Å². The number of aryl methyl sites for hydroxylation is 1. The highest BCUT2D eigenvalue weighted by atomic mass is 35.5. The highest BCUT2D eigenvalue weighted by Crippen LogP contribution is 2.31. The summed E-state index contributed by atoms with van der Waals surface area (Å²) in [5.41, 5.74) is 3.91. The molecule has 0 atom stereocenters. The van der Waals surface area contributed by atoms with E-state index in [4.69, 9.17) is 16.6 Å². The minimum atomic E-state index is -0.0537. The maximum Gasteiger partial charge on any atom is 0.260 e. The molecule has 0 N–H and O–H groups in total. The van der Waals surface area contributed by atoms with Crippen LogP contribution < -0.4 is 4.90 Å². The van der Waals surface area contributed by atoms with Gasteiger partial charge in [0.15, 0.2) is 5.13 Å². The Morgan fingerprint density at radius 3 is 2.56 bits per heavy atom. The van der Waals surface area contributed by atoms with Crippen LogP contribution in [0.3, 0.4) is 0 Å². The minimum absolute atomic E-state index is 0.0537. The summed E-state index contributed by atoms with van der Waals surface area (Å²) in [6.07, 6.45) is 7.10. The van der Waals surface area contributed by atoms with Crippen molar-refractivity contribution < 1.29 is 4.79 Å². The van der Waals surface area contributed by atoms with Crippen molar-refractivity contribution in [1.29, 1.82) is 0 Å². The Kier molecular flexibility index (Phi) is 6.70. The molecule has 0 unspecified atom stereocenters. The van der Waals surface area contributed by atoms with Crippen LogP contribution in [0.4, 0.5) is 5.13 Å². The Balaban J connectivity index is 1.38. The molecule has 0 aliphatic heterocycles. The molecule has 0 spiro atoms. The lowest BCUT2D eigenvalue weighted by Crippen LogP contribution is -2.32. The summed E-state index contributed by atoms with van der Waals surface area (Å²) in [7, 11) is 0. The van der Waals surface area contributed by atoms with E-state index in [9.17, 15) is 4.79 Å². The number of fused-ring (bicyclic) bond motifs is 1. The SMILES string of the molecule is O=C(c1ccc(Cc2ccccc2)cc1)N(CCCn1ccnc1)c1nc2ccc(Cl)cc2s1. The third kappa shape index (κ3) is 5.19. The molecule has 0 bridgehead atoms. The largest absolute Gasteiger partial charge is 0.337 e. The molecule has 2 aromatic heterocycles. The summed E-state index contributed by atoms with van der Waals surface area (Å²) in [5.74, 6) is -0.0537. The van der Waals surface area contributed by atoms with E-state index in [2.05, 4.69) is 17.1 Å². The number of rotatable bonds is 8. The molecule has 7 heteroatoms. The molecule has 0 saturated carbocycles.